The molecule has 2 fully saturated rings. The molecule has 0 radical (unpaired) electrons. The van der Waals surface area contributed by atoms with Crippen molar-refractivity contribution >= 4 is 17.4 Å². The fraction of sp³-hybridized carbons (Fsp3) is 0.643. The predicted octanol–water partition coefficient (Wildman–Crippen LogP) is 1.77. The number of aromatic nitrogens is 1. The van der Waals surface area contributed by atoms with Gasteiger partial charge in [0.25, 0.3) is 0 Å². The maximum Gasteiger partial charge on any atom is 0.213 e. The van der Waals surface area contributed by atoms with Gasteiger partial charge < -0.3 is 15.0 Å². The molecule has 4 nitrogen and oxygen atoms in total. The van der Waals surface area contributed by atoms with E-state index in [1.54, 1.807) is 0 Å². The van der Waals surface area contributed by atoms with Crippen LogP contribution in [-0.4, -0.2) is 48.8 Å². The van der Waals surface area contributed by atoms with Crippen LogP contribution in [-0.2, 0) is 0 Å². The molecule has 2 aliphatic rings. The van der Waals surface area contributed by atoms with Gasteiger partial charge in [0, 0.05) is 30.7 Å². The Balaban J connectivity index is 1.58. The van der Waals surface area contributed by atoms with E-state index in [9.17, 15) is 0 Å². The summed E-state index contributed by atoms with van der Waals surface area (Å²) < 4.78 is 5.92. The smallest absolute Gasteiger partial charge is 0.213 e. The third-order valence-electron chi connectivity index (χ3n) is 3.67. The minimum atomic E-state index is 0.325. The molecule has 2 saturated heterocycles. The highest BCUT2D eigenvalue weighted by atomic mass is 32.2. The van der Waals surface area contributed by atoms with Crippen molar-refractivity contribution in [1.29, 1.82) is 0 Å². The highest BCUT2D eigenvalue weighted by Crippen LogP contribution is 2.21. The first-order valence-electron chi connectivity index (χ1n) is 7.08. The third kappa shape index (κ3) is 3.54. The van der Waals surface area contributed by atoms with E-state index < -0.39 is 0 Å². The highest BCUT2D eigenvalue weighted by Gasteiger charge is 2.15. The summed E-state index contributed by atoms with van der Waals surface area (Å²) in [5.74, 6) is 3.20. The lowest BCUT2D eigenvalue weighted by Crippen LogP contribution is -2.34. The van der Waals surface area contributed by atoms with Crippen LogP contribution < -0.4 is 15.0 Å². The van der Waals surface area contributed by atoms with Crippen LogP contribution >= 0.6 is 11.8 Å². The van der Waals surface area contributed by atoms with Gasteiger partial charge >= 0.3 is 0 Å². The molecule has 0 unspecified atom stereocenters. The van der Waals surface area contributed by atoms with Crippen molar-refractivity contribution in [2.45, 2.75) is 18.9 Å². The summed E-state index contributed by atoms with van der Waals surface area (Å²) >= 11 is 2.03. The second-order valence-electron chi connectivity index (χ2n) is 5.02. The van der Waals surface area contributed by atoms with Gasteiger partial charge in [0.15, 0.2) is 0 Å². The summed E-state index contributed by atoms with van der Waals surface area (Å²) in [6.45, 7) is 4.35. The summed E-state index contributed by atoms with van der Waals surface area (Å²) in [6, 6.07) is 4.15. The van der Waals surface area contributed by atoms with E-state index in [1.807, 2.05) is 24.0 Å². The number of piperidine rings is 1. The monoisotopic (exact) mass is 279 g/mol. The van der Waals surface area contributed by atoms with Gasteiger partial charge in [-0.25, -0.2) is 4.98 Å². The molecule has 5 heteroatoms. The molecule has 0 atom stereocenters. The van der Waals surface area contributed by atoms with Gasteiger partial charge in [-0.2, -0.15) is 11.8 Å². The minimum absolute atomic E-state index is 0.325. The van der Waals surface area contributed by atoms with Crippen LogP contribution in [0.1, 0.15) is 12.8 Å². The summed E-state index contributed by atoms with van der Waals surface area (Å²) in [5, 5.41) is 3.34. The zero-order chi connectivity index (χ0) is 12.9. The molecule has 0 amide bonds. The Bertz CT molecular complexity index is 386. The number of nitrogens with one attached hydrogen (secondary N) is 1. The zero-order valence-corrected chi connectivity index (χ0v) is 12.0. The summed E-state index contributed by atoms with van der Waals surface area (Å²) in [6.07, 6.45) is 4.43. The lowest BCUT2D eigenvalue weighted by molar-refractivity contribution is 0.156. The molecule has 19 heavy (non-hydrogen) atoms. The normalized spacial score (nSPS) is 21.4. The Morgan fingerprint density at radius 1 is 1.21 bits per heavy atom. The number of nitrogens with zero attached hydrogens (tertiary/aromatic N) is 2. The van der Waals surface area contributed by atoms with Gasteiger partial charge in [0.05, 0.1) is 11.9 Å². The largest absolute Gasteiger partial charge is 0.474 e. The molecule has 3 rings (SSSR count). The Kier molecular flexibility index (Phi) is 4.45. The van der Waals surface area contributed by atoms with Crippen molar-refractivity contribution in [1.82, 2.24) is 10.3 Å². The van der Waals surface area contributed by atoms with Crippen molar-refractivity contribution in [2.24, 2.45) is 0 Å². The molecule has 1 aromatic heterocycles. The Labute approximate surface area is 118 Å². The predicted molar refractivity (Wildman–Crippen MR) is 80.3 cm³/mol. The Morgan fingerprint density at radius 2 is 2.00 bits per heavy atom. The summed E-state index contributed by atoms with van der Waals surface area (Å²) in [4.78, 5) is 6.86. The van der Waals surface area contributed by atoms with Gasteiger partial charge in [-0.15, -0.1) is 0 Å². The number of hydrogen-bond acceptors (Lipinski definition) is 5. The first kappa shape index (κ1) is 13.1. The molecule has 1 N–H and O–H groups in total. The molecule has 104 valence electrons. The zero-order valence-electron chi connectivity index (χ0n) is 11.2. The van der Waals surface area contributed by atoms with Crippen LogP contribution in [0.4, 0.5) is 5.69 Å². The first-order chi connectivity index (χ1) is 9.42. The lowest BCUT2D eigenvalue weighted by atomic mass is 10.1. The topological polar surface area (TPSA) is 37.4 Å². The van der Waals surface area contributed by atoms with Crippen molar-refractivity contribution in [3.63, 3.8) is 0 Å². The summed E-state index contributed by atoms with van der Waals surface area (Å²) in [5.41, 5.74) is 1.22. The van der Waals surface area contributed by atoms with E-state index in [2.05, 4.69) is 21.3 Å². The minimum Gasteiger partial charge on any atom is -0.474 e. The standard InChI is InChI=1S/C14H21N3OS/c1-2-14(18-13-3-5-15-6-4-13)16-11-12(1)17-7-9-19-10-8-17/h1-2,11,13,15H,3-10H2. The molecular weight excluding hydrogens is 258 g/mol. The molecule has 0 spiro atoms. The van der Waals surface area contributed by atoms with Crippen molar-refractivity contribution in [3.05, 3.63) is 18.3 Å². The van der Waals surface area contributed by atoms with Gasteiger partial charge in [-0.05, 0) is 32.0 Å². The van der Waals surface area contributed by atoms with E-state index >= 15 is 0 Å². The average Bonchev–Trinajstić information content (AvgIpc) is 2.50. The van der Waals surface area contributed by atoms with Gasteiger partial charge in [0.2, 0.25) is 5.88 Å². The van der Waals surface area contributed by atoms with Crippen molar-refractivity contribution < 1.29 is 4.74 Å². The fourth-order valence-electron chi connectivity index (χ4n) is 2.53. The van der Waals surface area contributed by atoms with Crippen LogP contribution in [0.2, 0.25) is 0 Å². The molecular formula is C14H21N3OS. The Morgan fingerprint density at radius 3 is 2.68 bits per heavy atom. The molecule has 3 heterocycles. The highest BCUT2D eigenvalue weighted by molar-refractivity contribution is 7.99. The molecule has 0 saturated carbocycles. The summed E-state index contributed by atoms with van der Waals surface area (Å²) in [7, 11) is 0. The van der Waals surface area contributed by atoms with Crippen LogP contribution in [0, 0.1) is 0 Å². The molecule has 0 aliphatic carbocycles. The van der Waals surface area contributed by atoms with Gasteiger partial charge in [-0.1, -0.05) is 0 Å². The maximum absolute atomic E-state index is 5.92. The number of ether oxygens (including phenoxy) is 1. The average molecular weight is 279 g/mol. The number of rotatable bonds is 3. The van der Waals surface area contributed by atoms with Crippen molar-refractivity contribution in [2.75, 3.05) is 42.6 Å². The number of hydrogen-bond donors (Lipinski definition) is 1. The Hall–Kier alpha value is -0.940. The molecule has 0 aromatic carbocycles. The number of anilines is 1. The van der Waals surface area contributed by atoms with E-state index in [-0.39, 0.29) is 0 Å². The van der Waals surface area contributed by atoms with Crippen LogP contribution in [0.5, 0.6) is 5.88 Å². The maximum atomic E-state index is 5.92. The molecule has 2 aliphatic heterocycles. The lowest BCUT2D eigenvalue weighted by Gasteiger charge is -2.28. The van der Waals surface area contributed by atoms with Crippen molar-refractivity contribution in [3.8, 4) is 5.88 Å². The second-order valence-corrected chi connectivity index (χ2v) is 6.25. The van der Waals surface area contributed by atoms with E-state index in [1.165, 1.54) is 17.2 Å². The quantitative estimate of drug-likeness (QED) is 0.912. The van der Waals surface area contributed by atoms with E-state index in [0.29, 0.717) is 6.10 Å². The third-order valence-corrected chi connectivity index (χ3v) is 4.61. The molecule has 0 bridgehead atoms. The van der Waals surface area contributed by atoms with E-state index in [0.717, 1.165) is 44.9 Å². The second kappa shape index (κ2) is 6.48. The van der Waals surface area contributed by atoms with Crippen LogP contribution in [0.25, 0.3) is 0 Å². The fourth-order valence-corrected chi connectivity index (χ4v) is 3.44. The van der Waals surface area contributed by atoms with Gasteiger partial charge in [0.1, 0.15) is 6.10 Å². The molecule has 1 aromatic rings. The number of pyridine rings is 1. The van der Waals surface area contributed by atoms with Crippen LogP contribution in [0.15, 0.2) is 18.3 Å². The number of thioether (sulfide) groups is 1. The first-order valence-corrected chi connectivity index (χ1v) is 8.23. The SMILES string of the molecule is c1cc(OC2CCNCC2)ncc1N1CCSCC1. The van der Waals surface area contributed by atoms with Gasteiger partial charge in [-0.3, -0.25) is 0 Å². The van der Waals surface area contributed by atoms with E-state index in [4.69, 9.17) is 4.74 Å². The van der Waals surface area contributed by atoms with Crippen LogP contribution in [0.3, 0.4) is 0 Å².